The molecule has 1 saturated heterocycles. The predicted octanol–water partition coefficient (Wildman–Crippen LogP) is 2.40. The molecule has 122 valence electrons. The molecule has 1 spiro atoms. The summed E-state index contributed by atoms with van der Waals surface area (Å²) < 4.78 is 4.63. The minimum atomic E-state index is -0.124. The molecule has 0 unspecified atom stereocenters. The fourth-order valence-electron chi connectivity index (χ4n) is 3.23. The van der Waals surface area contributed by atoms with Crippen molar-refractivity contribution in [2.45, 2.75) is 44.9 Å². The molecule has 0 amide bonds. The van der Waals surface area contributed by atoms with E-state index in [1.807, 2.05) is 7.05 Å². The summed E-state index contributed by atoms with van der Waals surface area (Å²) in [7, 11) is 3.29. The van der Waals surface area contributed by atoms with E-state index < -0.39 is 0 Å². The number of carbonyl (C=O) groups excluding carboxylic acids is 1. The van der Waals surface area contributed by atoms with Gasteiger partial charge in [-0.25, -0.2) is 0 Å². The van der Waals surface area contributed by atoms with Crippen molar-refractivity contribution in [2.75, 3.05) is 33.8 Å². The fraction of sp³-hybridized carbons (Fsp3) is 0.867. The Morgan fingerprint density at radius 1 is 1.33 bits per heavy atom. The lowest BCUT2D eigenvalue weighted by atomic mass is 9.68. The van der Waals surface area contributed by atoms with Crippen molar-refractivity contribution < 1.29 is 9.53 Å². The van der Waals surface area contributed by atoms with Gasteiger partial charge in [-0.15, -0.1) is 24.0 Å². The van der Waals surface area contributed by atoms with E-state index >= 15 is 0 Å². The molecular weight excluding hydrogens is 381 g/mol. The number of hydrogen-bond donors (Lipinski definition) is 1. The molecule has 5 nitrogen and oxygen atoms in total. The molecule has 0 aromatic heterocycles. The third-order valence-corrected chi connectivity index (χ3v) is 4.68. The Labute approximate surface area is 144 Å². The zero-order chi connectivity index (χ0) is 14.4. The number of halogens is 1. The van der Waals surface area contributed by atoms with Crippen LogP contribution in [0.25, 0.3) is 0 Å². The van der Waals surface area contributed by atoms with Gasteiger partial charge in [-0.05, 0) is 37.5 Å². The van der Waals surface area contributed by atoms with Crippen LogP contribution in [0.1, 0.15) is 44.9 Å². The minimum absolute atomic E-state index is 0. The summed E-state index contributed by atoms with van der Waals surface area (Å²) in [5.74, 6) is 0.896. The predicted molar refractivity (Wildman–Crippen MR) is 95.1 cm³/mol. The number of hydrogen-bond acceptors (Lipinski definition) is 3. The van der Waals surface area contributed by atoms with Gasteiger partial charge in [-0.1, -0.05) is 6.42 Å². The van der Waals surface area contributed by atoms with E-state index in [0.717, 1.165) is 38.4 Å². The largest absolute Gasteiger partial charge is 0.469 e. The van der Waals surface area contributed by atoms with Crippen LogP contribution in [-0.2, 0) is 9.53 Å². The fourth-order valence-corrected chi connectivity index (χ4v) is 3.23. The molecule has 21 heavy (non-hydrogen) atoms. The van der Waals surface area contributed by atoms with Gasteiger partial charge in [-0.2, -0.15) is 0 Å². The number of guanidine groups is 1. The van der Waals surface area contributed by atoms with Crippen molar-refractivity contribution in [3.05, 3.63) is 0 Å². The van der Waals surface area contributed by atoms with Crippen molar-refractivity contribution in [1.29, 1.82) is 0 Å². The van der Waals surface area contributed by atoms with E-state index in [9.17, 15) is 4.79 Å². The quantitative estimate of drug-likeness (QED) is 0.249. The van der Waals surface area contributed by atoms with Crippen LogP contribution in [0.15, 0.2) is 4.99 Å². The lowest BCUT2D eigenvalue weighted by Crippen LogP contribution is -2.42. The zero-order valence-corrected chi connectivity index (χ0v) is 15.5. The first-order valence-corrected chi connectivity index (χ1v) is 7.71. The van der Waals surface area contributed by atoms with Crippen molar-refractivity contribution in [1.82, 2.24) is 10.2 Å². The highest BCUT2D eigenvalue weighted by atomic mass is 127. The van der Waals surface area contributed by atoms with Crippen LogP contribution < -0.4 is 5.32 Å². The third kappa shape index (κ3) is 5.00. The Bertz CT molecular complexity index is 370. The molecule has 0 aromatic carbocycles. The molecule has 0 bridgehead atoms. The Hall–Kier alpha value is -0.530. The van der Waals surface area contributed by atoms with E-state index in [0.29, 0.717) is 11.8 Å². The van der Waals surface area contributed by atoms with Gasteiger partial charge >= 0.3 is 5.97 Å². The first-order valence-electron chi connectivity index (χ1n) is 7.71. The summed E-state index contributed by atoms with van der Waals surface area (Å²) in [6.07, 6.45) is 7.82. The van der Waals surface area contributed by atoms with Crippen LogP contribution in [0, 0.1) is 5.41 Å². The first kappa shape index (κ1) is 18.5. The summed E-state index contributed by atoms with van der Waals surface area (Å²) in [6, 6.07) is 0. The average Bonchev–Trinajstić information content (AvgIpc) is 2.88. The summed E-state index contributed by atoms with van der Waals surface area (Å²) in [4.78, 5) is 17.8. The Kier molecular flexibility index (Phi) is 7.76. The number of likely N-dealkylation sites (tertiary alicyclic amines) is 1. The molecule has 1 heterocycles. The lowest BCUT2D eigenvalue weighted by molar-refractivity contribution is -0.140. The monoisotopic (exact) mass is 409 g/mol. The van der Waals surface area contributed by atoms with Gasteiger partial charge in [0.15, 0.2) is 5.96 Å². The SMILES string of the molecule is CN=C(NCCCCC(=O)OC)N1CCC2(CCC2)C1.I. The number of nitrogens with zero attached hydrogens (tertiary/aromatic N) is 2. The normalized spacial score (nSPS) is 19.9. The standard InChI is InChI=1S/C15H27N3O2.HI/c1-16-14(17-10-4-3-6-13(19)20-2)18-11-9-15(12-18)7-5-8-15;/h3-12H2,1-2H3,(H,16,17);1H. The summed E-state index contributed by atoms with van der Waals surface area (Å²) in [5.41, 5.74) is 0.600. The summed E-state index contributed by atoms with van der Waals surface area (Å²) in [6.45, 7) is 3.16. The minimum Gasteiger partial charge on any atom is -0.469 e. The molecule has 1 aliphatic heterocycles. The van der Waals surface area contributed by atoms with Crippen LogP contribution in [0.2, 0.25) is 0 Å². The molecule has 6 heteroatoms. The van der Waals surface area contributed by atoms with Crippen molar-refractivity contribution in [2.24, 2.45) is 10.4 Å². The topological polar surface area (TPSA) is 53.9 Å². The second-order valence-corrected chi connectivity index (χ2v) is 6.03. The molecule has 0 radical (unpaired) electrons. The van der Waals surface area contributed by atoms with Gasteiger partial charge in [0, 0.05) is 33.1 Å². The Morgan fingerprint density at radius 2 is 2.10 bits per heavy atom. The average molecular weight is 409 g/mol. The zero-order valence-electron chi connectivity index (χ0n) is 13.2. The van der Waals surface area contributed by atoms with Crippen LogP contribution in [0.5, 0.6) is 0 Å². The van der Waals surface area contributed by atoms with Gasteiger partial charge in [0.1, 0.15) is 0 Å². The van der Waals surface area contributed by atoms with Gasteiger partial charge in [0.2, 0.25) is 0 Å². The smallest absolute Gasteiger partial charge is 0.305 e. The lowest BCUT2D eigenvalue weighted by Gasteiger charge is -2.38. The Morgan fingerprint density at radius 3 is 2.62 bits per heavy atom. The molecule has 1 saturated carbocycles. The highest BCUT2D eigenvalue weighted by molar-refractivity contribution is 14.0. The molecule has 1 N–H and O–H groups in total. The highest BCUT2D eigenvalue weighted by Gasteiger charge is 2.43. The molecular formula is C15H28IN3O2. The molecule has 2 fully saturated rings. The maximum atomic E-state index is 11.0. The number of methoxy groups -OCH3 is 1. The van der Waals surface area contributed by atoms with Crippen LogP contribution in [0.3, 0.4) is 0 Å². The second kappa shape index (κ2) is 8.80. The van der Waals surface area contributed by atoms with Crippen molar-refractivity contribution >= 4 is 35.9 Å². The molecule has 0 aromatic rings. The van der Waals surface area contributed by atoms with Crippen LogP contribution in [0.4, 0.5) is 0 Å². The number of esters is 1. The van der Waals surface area contributed by atoms with E-state index in [1.165, 1.54) is 32.8 Å². The Balaban J connectivity index is 0.00000220. The molecule has 2 rings (SSSR count). The highest BCUT2D eigenvalue weighted by Crippen LogP contribution is 2.47. The second-order valence-electron chi connectivity index (χ2n) is 6.03. The van der Waals surface area contributed by atoms with Crippen molar-refractivity contribution in [3.63, 3.8) is 0 Å². The van der Waals surface area contributed by atoms with Crippen LogP contribution >= 0.6 is 24.0 Å². The van der Waals surface area contributed by atoms with Crippen LogP contribution in [-0.4, -0.2) is 50.6 Å². The molecule has 1 aliphatic carbocycles. The number of ether oxygens (including phenoxy) is 1. The number of aliphatic imine (C=N–C) groups is 1. The van der Waals surface area contributed by atoms with Crippen molar-refractivity contribution in [3.8, 4) is 0 Å². The van der Waals surface area contributed by atoms with E-state index in [4.69, 9.17) is 0 Å². The number of rotatable bonds is 5. The number of carbonyl (C=O) groups is 1. The maximum Gasteiger partial charge on any atom is 0.305 e. The summed E-state index contributed by atoms with van der Waals surface area (Å²) in [5, 5.41) is 3.41. The molecule has 0 atom stereocenters. The van der Waals surface area contributed by atoms with E-state index in [2.05, 4.69) is 19.9 Å². The van der Waals surface area contributed by atoms with Gasteiger partial charge in [-0.3, -0.25) is 9.79 Å². The van der Waals surface area contributed by atoms with Gasteiger partial charge < -0.3 is 15.0 Å². The first-order chi connectivity index (χ1) is 9.69. The van der Waals surface area contributed by atoms with E-state index in [1.54, 1.807) is 0 Å². The van der Waals surface area contributed by atoms with Gasteiger partial charge in [0.05, 0.1) is 7.11 Å². The van der Waals surface area contributed by atoms with E-state index in [-0.39, 0.29) is 29.9 Å². The maximum absolute atomic E-state index is 11.0. The number of unbranched alkanes of at least 4 members (excludes halogenated alkanes) is 1. The third-order valence-electron chi connectivity index (χ3n) is 4.68. The number of nitrogens with one attached hydrogen (secondary N) is 1. The van der Waals surface area contributed by atoms with Gasteiger partial charge in [0.25, 0.3) is 0 Å². The molecule has 2 aliphatic rings. The summed E-state index contributed by atoms with van der Waals surface area (Å²) >= 11 is 0.